The van der Waals surface area contributed by atoms with Crippen molar-refractivity contribution in [2.24, 2.45) is 5.92 Å². The lowest BCUT2D eigenvalue weighted by Crippen LogP contribution is -2.42. The van der Waals surface area contributed by atoms with Crippen LogP contribution in [0.3, 0.4) is 0 Å². The Morgan fingerprint density at radius 2 is 1.84 bits per heavy atom. The van der Waals surface area contributed by atoms with Gasteiger partial charge in [-0.15, -0.1) is 10.2 Å². The van der Waals surface area contributed by atoms with Crippen molar-refractivity contribution in [1.29, 1.82) is 0 Å². The minimum Gasteiger partial charge on any atom is -0.355 e. The summed E-state index contributed by atoms with van der Waals surface area (Å²) in [5, 5.41) is 15.8. The van der Waals surface area contributed by atoms with E-state index in [-0.39, 0.29) is 29.5 Å². The van der Waals surface area contributed by atoms with E-state index in [4.69, 9.17) is 11.6 Å². The number of aromatic nitrogens is 2. The molecule has 1 aliphatic rings. The molecule has 0 bridgehead atoms. The van der Waals surface area contributed by atoms with Gasteiger partial charge in [-0.05, 0) is 56.5 Å². The van der Waals surface area contributed by atoms with Crippen LogP contribution in [0.15, 0.2) is 41.4 Å². The molecule has 1 aromatic heterocycles. The number of anilines is 1. The average molecular weight is 462 g/mol. The molecule has 2 aromatic rings. The third-order valence-electron chi connectivity index (χ3n) is 5.00. The summed E-state index contributed by atoms with van der Waals surface area (Å²) >= 11 is 7.22. The van der Waals surface area contributed by atoms with E-state index < -0.39 is 0 Å². The number of nitrogens with one attached hydrogen (secondary N) is 2. The van der Waals surface area contributed by atoms with Gasteiger partial charge in [-0.3, -0.25) is 9.59 Å². The zero-order chi connectivity index (χ0) is 22.2. The molecule has 31 heavy (non-hydrogen) atoms. The van der Waals surface area contributed by atoms with E-state index in [1.165, 1.54) is 11.8 Å². The number of carbonyl (C=O) groups excluding carboxylic acids is 2. The summed E-state index contributed by atoms with van der Waals surface area (Å²) in [5.74, 6) is 1.22. The van der Waals surface area contributed by atoms with Crippen LogP contribution in [0.25, 0.3) is 0 Å². The van der Waals surface area contributed by atoms with Crippen LogP contribution in [0, 0.1) is 5.92 Å². The molecule has 1 fully saturated rings. The smallest absolute Gasteiger partial charge is 0.230 e. The third-order valence-corrected chi connectivity index (χ3v) is 6.17. The topological polar surface area (TPSA) is 87.2 Å². The Labute approximate surface area is 192 Å². The zero-order valence-corrected chi connectivity index (χ0v) is 19.4. The van der Waals surface area contributed by atoms with Crippen LogP contribution in [0.4, 0.5) is 5.82 Å². The Bertz CT molecular complexity index is 868. The number of piperidine rings is 1. The Hall–Kier alpha value is -2.32. The summed E-state index contributed by atoms with van der Waals surface area (Å²) in [4.78, 5) is 26.4. The molecule has 7 nitrogen and oxygen atoms in total. The number of carbonyl (C=O) groups is 2. The molecule has 0 aliphatic carbocycles. The molecular formula is C22H28ClN5O2S. The fraction of sp³-hybridized carbons (Fsp3) is 0.455. The highest BCUT2D eigenvalue weighted by Gasteiger charge is 2.26. The van der Waals surface area contributed by atoms with Gasteiger partial charge in [0.05, 0.1) is 5.75 Å². The van der Waals surface area contributed by atoms with Gasteiger partial charge in [0.2, 0.25) is 11.8 Å². The molecule has 1 aromatic carbocycles. The van der Waals surface area contributed by atoms with Crippen molar-refractivity contribution in [3.8, 4) is 0 Å². The fourth-order valence-corrected chi connectivity index (χ4v) is 4.10. The van der Waals surface area contributed by atoms with Gasteiger partial charge in [0.1, 0.15) is 5.03 Å². The number of hydrogen-bond acceptors (Lipinski definition) is 6. The first kappa shape index (κ1) is 23.3. The minimum atomic E-state index is -0.0624. The van der Waals surface area contributed by atoms with Crippen LogP contribution < -0.4 is 15.5 Å². The Balaban J connectivity index is 1.40. The number of rotatable bonds is 8. The summed E-state index contributed by atoms with van der Waals surface area (Å²) in [7, 11) is 0. The number of nitrogens with zero attached hydrogens (tertiary/aromatic N) is 3. The molecule has 3 rings (SSSR count). The predicted octanol–water partition coefficient (Wildman–Crippen LogP) is 3.28. The fourth-order valence-electron chi connectivity index (χ4n) is 3.33. The average Bonchev–Trinajstić information content (AvgIpc) is 2.77. The van der Waals surface area contributed by atoms with Crippen molar-refractivity contribution in [3.05, 3.63) is 47.0 Å². The Morgan fingerprint density at radius 3 is 2.45 bits per heavy atom. The monoisotopic (exact) mass is 461 g/mol. The van der Waals surface area contributed by atoms with Gasteiger partial charge in [0.25, 0.3) is 0 Å². The maximum atomic E-state index is 12.2. The highest BCUT2D eigenvalue weighted by molar-refractivity contribution is 7.99. The second kappa shape index (κ2) is 11.3. The van der Waals surface area contributed by atoms with Crippen LogP contribution in [0.5, 0.6) is 0 Å². The van der Waals surface area contributed by atoms with Crippen molar-refractivity contribution >= 4 is 41.0 Å². The highest BCUT2D eigenvalue weighted by atomic mass is 35.5. The third kappa shape index (κ3) is 7.40. The Morgan fingerprint density at radius 1 is 1.13 bits per heavy atom. The zero-order valence-electron chi connectivity index (χ0n) is 17.8. The van der Waals surface area contributed by atoms with E-state index in [1.54, 1.807) is 12.1 Å². The van der Waals surface area contributed by atoms with Gasteiger partial charge in [0.15, 0.2) is 5.82 Å². The number of thioether (sulfide) groups is 1. The van der Waals surface area contributed by atoms with E-state index >= 15 is 0 Å². The summed E-state index contributed by atoms with van der Waals surface area (Å²) in [6, 6.07) is 11.4. The van der Waals surface area contributed by atoms with Gasteiger partial charge in [-0.2, -0.15) is 0 Å². The predicted molar refractivity (Wildman–Crippen MR) is 124 cm³/mol. The van der Waals surface area contributed by atoms with E-state index in [1.807, 2.05) is 38.1 Å². The van der Waals surface area contributed by atoms with Crippen molar-refractivity contribution in [1.82, 2.24) is 20.8 Å². The number of halogens is 1. The van der Waals surface area contributed by atoms with Crippen LogP contribution in [0.2, 0.25) is 5.02 Å². The summed E-state index contributed by atoms with van der Waals surface area (Å²) in [6.07, 6.45) is 1.62. The first-order chi connectivity index (χ1) is 14.9. The summed E-state index contributed by atoms with van der Waals surface area (Å²) < 4.78 is 0. The van der Waals surface area contributed by atoms with Gasteiger partial charge in [0, 0.05) is 36.6 Å². The highest BCUT2D eigenvalue weighted by Crippen LogP contribution is 2.23. The van der Waals surface area contributed by atoms with Gasteiger partial charge in [-0.1, -0.05) is 35.5 Å². The molecule has 0 spiro atoms. The molecule has 2 heterocycles. The molecule has 9 heteroatoms. The van der Waals surface area contributed by atoms with Crippen molar-refractivity contribution in [3.63, 3.8) is 0 Å². The molecular weight excluding hydrogens is 434 g/mol. The summed E-state index contributed by atoms with van der Waals surface area (Å²) in [6.45, 7) is 5.98. The quantitative estimate of drug-likeness (QED) is 0.586. The first-order valence-corrected chi connectivity index (χ1v) is 11.8. The number of benzene rings is 1. The van der Waals surface area contributed by atoms with Crippen LogP contribution in [0.1, 0.15) is 32.3 Å². The standard InChI is InChI=1S/C22H28ClN5O2S/c1-15(2)25-22(30)17-9-11-28(12-10-17)19-7-8-21(27-26-19)31-14-20(29)24-13-16-3-5-18(23)6-4-16/h3-8,15,17H,9-14H2,1-2H3,(H,24,29)(H,25,30). The normalized spacial score (nSPS) is 14.5. The van der Waals surface area contributed by atoms with E-state index in [0.717, 1.165) is 37.3 Å². The number of amides is 2. The molecule has 2 N–H and O–H groups in total. The molecule has 1 saturated heterocycles. The van der Waals surface area contributed by atoms with Crippen LogP contribution >= 0.6 is 23.4 Å². The van der Waals surface area contributed by atoms with Gasteiger partial charge in [-0.25, -0.2) is 0 Å². The molecule has 1 aliphatic heterocycles. The molecule has 0 saturated carbocycles. The number of hydrogen-bond donors (Lipinski definition) is 2. The minimum absolute atomic E-state index is 0.0624. The van der Waals surface area contributed by atoms with Crippen LogP contribution in [-0.4, -0.2) is 46.9 Å². The lowest BCUT2D eigenvalue weighted by Gasteiger charge is -2.32. The molecule has 0 atom stereocenters. The SMILES string of the molecule is CC(C)NC(=O)C1CCN(c2ccc(SCC(=O)NCc3ccc(Cl)cc3)nn2)CC1. The Kier molecular flexibility index (Phi) is 8.54. The maximum Gasteiger partial charge on any atom is 0.230 e. The van der Waals surface area contributed by atoms with E-state index in [2.05, 4.69) is 25.7 Å². The summed E-state index contributed by atoms with van der Waals surface area (Å²) in [5.41, 5.74) is 0.998. The van der Waals surface area contributed by atoms with E-state index in [0.29, 0.717) is 16.6 Å². The van der Waals surface area contributed by atoms with Crippen molar-refractivity contribution < 1.29 is 9.59 Å². The largest absolute Gasteiger partial charge is 0.355 e. The first-order valence-electron chi connectivity index (χ1n) is 10.4. The van der Waals surface area contributed by atoms with Crippen molar-refractivity contribution in [2.45, 2.75) is 44.3 Å². The lowest BCUT2D eigenvalue weighted by molar-refractivity contribution is -0.126. The molecule has 166 valence electrons. The molecule has 0 unspecified atom stereocenters. The second-order valence-electron chi connectivity index (χ2n) is 7.85. The van der Waals surface area contributed by atoms with E-state index in [9.17, 15) is 9.59 Å². The van der Waals surface area contributed by atoms with Crippen LogP contribution in [-0.2, 0) is 16.1 Å². The maximum absolute atomic E-state index is 12.2. The molecule has 0 radical (unpaired) electrons. The van der Waals surface area contributed by atoms with Gasteiger partial charge < -0.3 is 15.5 Å². The lowest BCUT2D eigenvalue weighted by atomic mass is 9.95. The van der Waals surface area contributed by atoms with Gasteiger partial charge >= 0.3 is 0 Å². The van der Waals surface area contributed by atoms with Crippen molar-refractivity contribution in [2.75, 3.05) is 23.7 Å². The molecule has 2 amide bonds. The second-order valence-corrected chi connectivity index (χ2v) is 9.28.